The predicted molar refractivity (Wildman–Crippen MR) is 125 cm³/mol. The van der Waals surface area contributed by atoms with Gasteiger partial charge in [-0.25, -0.2) is 9.97 Å². The lowest BCUT2D eigenvalue weighted by Crippen LogP contribution is -2.46. The lowest BCUT2D eigenvalue weighted by molar-refractivity contribution is -0.121. The molecule has 0 radical (unpaired) electrons. The van der Waals surface area contributed by atoms with Crippen molar-refractivity contribution in [1.82, 2.24) is 24.8 Å². The van der Waals surface area contributed by atoms with E-state index in [0.717, 1.165) is 18.5 Å². The third-order valence-corrected chi connectivity index (χ3v) is 4.97. The number of ketones is 1. The molecule has 3 aromatic heterocycles. The van der Waals surface area contributed by atoms with Crippen molar-refractivity contribution >= 4 is 54.0 Å². The molecule has 0 aromatic carbocycles. The van der Waals surface area contributed by atoms with Crippen molar-refractivity contribution in [2.75, 3.05) is 6.54 Å². The Kier molecular flexibility index (Phi) is 10.5. The molecule has 4 heterocycles. The number of aliphatic hydroxyl groups excluding tert-OH is 1. The molecule has 0 spiro atoms. The number of hydrogen-bond donors (Lipinski definition) is 2. The van der Waals surface area contributed by atoms with Crippen LogP contribution in [-0.4, -0.2) is 49.1 Å². The molecule has 1 fully saturated rings. The number of carbonyl (C=O) groups is 1. The van der Waals surface area contributed by atoms with Crippen LogP contribution in [0.3, 0.4) is 0 Å². The molecule has 2 N–H and O–H groups in total. The van der Waals surface area contributed by atoms with E-state index in [-0.39, 0.29) is 73.1 Å². The molecule has 1 aliphatic rings. The summed E-state index contributed by atoms with van der Waals surface area (Å²) in [5.41, 5.74) is 1.75. The lowest BCUT2D eigenvalue weighted by Gasteiger charge is -2.28. The third kappa shape index (κ3) is 6.21. The smallest absolute Gasteiger partial charge is 0.280 e. The number of hydrogen-bond acceptors (Lipinski definition) is 7. The number of aromatic nitrogens is 4. The van der Waals surface area contributed by atoms with E-state index in [1.165, 1.54) is 10.9 Å². The minimum atomic E-state index is -0.534. The maximum Gasteiger partial charge on any atom is 0.280 e. The van der Waals surface area contributed by atoms with E-state index in [2.05, 4.69) is 20.3 Å². The SMILES string of the molecule is Cl.Cl.Cl.O=C(C[C@H]1NCCC[C@@H]1O)Cn1cnc2ccc(-c3cccnc3)nc2c1=O. The van der Waals surface area contributed by atoms with Gasteiger partial charge in [-0.1, -0.05) is 0 Å². The van der Waals surface area contributed by atoms with Gasteiger partial charge in [-0.2, -0.15) is 0 Å². The van der Waals surface area contributed by atoms with Crippen molar-refractivity contribution < 1.29 is 9.90 Å². The Hall–Kier alpha value is -2.10. The average molecular weight is 489 g/mol. The summed E-state index contributed by atoms with van der Waals surface area (Å²) in [6, 6.07) is 6.93. The second-order valence-corrected chi connectivity index (χ2v) is 7.00. The van der Waals surface area contributed by atoms with Crippen LogP contribution in [0.2, 0.25) is 0 Å². The molecule has 3 aromatic rings. The maximum atomic E-state index is 12.8. The highest BCUT2D eigenvalue weighted by molar-refractivity contribution is 5.86. The van der Waals surface area contributed by atoms with Crippen LogP contribution >= 0.6 is 37.2 Å². The van der Waals surface area contributed by atoms with Gasteiger partial charge in [0.2, 0.25) is 0 Å². The number of halogens is 3. The second-order valence-electron chi connectivity index (χ2n) is 7.00. The van der Waals surface area contributed by atoms with Gasteiger partial charge in [-0.05, 0) is 43.7 Å². The fourth-order valence-corrected chi connectivity index (χ4v) is 3.47. The third-order valence-electron chi connectivity index (χ3n) is 4.97. The monoisotopic (exact) mass is 487 g/mol. The van der Waals surface area contributed by atoms with Crippen LogP contribution in [0.5, 0.6) is 0 Å². The summed E-state index contributed by atoms with van der Waals surface area (Å²) in [6.45, 7) is 0.693. The summed E-state index contributed by atoms with van der Waals surface area (Å²) in [5.74, 6) is -0.134. The predicted octanol–water partition coefficient (Wildman–Crippen LogP) is 2.19. The molecule has 1 saturated heterocycles. The minimum absolute atomic E-state index is 0. The number of aliphatic hydroxyl groups is 1. The highest BCUT2D eigenvalue weighted by Crippen LogP contribution is 2.17. The van der Waals surface area contributed by atoms with Crippen molar-refractivity contribution in [2.24, 2.45) is 0 Å². The van der Waals surface area contributed by atoms with Gasteiger partial charge < -0.3 is 10.4 Å². The fraction of sp³-hybridized carbons (Fsp3) is 0.350. The maximum absolute atomic E-state index is 12.8. The molecule has 0 saturated carbocycles. The van der Waals surface area contributed by atoms with Gasteiger partial charge in [-0.3, -0.25) is 19.1 Å². The first-order valence-corrected chi connectivity index (χ1v) is 9.31. The highest BCUT2D eigenvalue weighted by Gasteiger charge is 2.25. The minimum Gasteiger partial charge on any atom is -0.391 e. The van der Waals surface area contributed by atoms with E-state index in [4.69, 9.17) is 0 Å². The molecule has 0 unspecified atom stereocenters. The molecule has 0 bridgehead atoms. The van der Waals surface area contributed by atoms with Crippen LogP contribution in [0.1, 0.15) is 19.3 Å². The van der Waals surface area contributed by atoms with E-state index in [1.54, 1.807) is 30.6 Å². The summed E-state index contributed by atoms with van der Waals surface area (Å²) >= 11 is 0. The first-order valence-electron chi connectivity index (χ1n) is 9.31. The van der Waals surface area contributed by atoms with Crippen molar-refractivity contribution in [1.29, 1.82) is 0 Å². The van der Waals surface area contributed by atoms with E-state index in [0.29, 0.717) is 17.6 Å². The molecule has 0 amide bonds. The van der Waals surface area contributed by atoms with Gasteiger partial charge >= 0.3 is 0 Å². The average Bonchev–Trinajstić information content (AvgIpc) is 2.72. The van der Waals surface area contributed by atoms with Gasteiger partial charge in [0.25, 0.3) is 5.56 Å². The Morgan fingerprint density at radius 3 is 2.74 bits per heavy atom. The first kappa shape index (κ1) is 26.9. The Morgan fingerprint density at radius 2 is 2.03 bits per heavy atom. The molecular formula is C20H24Cl3N5O3. The number of nitrogens with zero attached hydrogens (tertiary/aromatic N) is 4. The van der Waals surface area contributed by atoms with Crippen LogP contribution in [0, 0.1) is 0 Å². The lowest BCUT2D eigenvalue weighted by atomic mass is 9.97. The van der Waals surface area contributed by atoms with Crippen molar-refractivity contribution in [2.45, 2.75) is 38.0 Å². The summed E-state index contributed by atoms with van der Waals surface area (Å²) < 4.78 is 1.28. The normalized spacial score (nSPS) is 17.7. The van der Waals surface area contributed by atoms with Crippen LogP contribution in [0.15, 0.2) is 47.8 Å². The van der Waals surface area contributed by atoms with Gasteiger partial charge in [0.1, 0.15) is 0 Å². The fourth-order valence-electron chi connectivity index (χ4n) is 3.47. The van der Waals surface area contributed by atoms with E-state index < -0.39 is 6.10 Å². The number of piperidine rings is 1. The molecule has 168 valence electrons. The summed E-state index contributed by atoms with van der Waals surface area (Å²) in [6.07, 6.45) is 5.94. The van der Waals surface area contributed by atoms with Gasteiger partial charge in [-0.15, -0.1) is 37.2 Å². The van der Waals surface area contributed by atoms with Gasteiger partial charge in [0.05, 0.1) is 30.2 Å². The summed E-state index contributed by atoms with van der Waals surface area (Å²) in [4.78, 5) is 38.0. The van der Waals surface area contributed by atoms with Crippen LogP contribution in [-0.2, 0) is 11.3 Å². The van der Waals surface area contributed by atoms with Crippen LogP contribution < -0.4 is 10.9 Å². The number of Topliss-reactive ketones (excluding diaryl/α,β-unsaturated/α-hetero) is 1. The number of nitrogens with one attached hydrogen (secondary N) is 1. The summed E-state index contributed by atoms with van der Waals surface area (Å²) in [5, 5.41) is 13.2. The van der Waals surface area contributed by atoms with Crippen LogP contribution in [0.4, 0.5) is 0 Å². The van der Waals surface area contributed by atoms with E-state index >= 15 is 0 Å². The molecule has 31 heavy (non-hydrogen) atoms. The second kappa shape index (κ2) is 12.1. The molecule has 0 aliphatic carbocycles. The Balaban J connectivity index is 0.00000160. The van der Waals surface area contributed by atoms with Crippen molar-refractivity contribution in [3.05, 3.63) is 53.3 Å². The molecular weight excluding hydrogens is 465 g/mol. The highest BCUT2D eigenvalue weighted by atomic mass is 35.5. The van der Waals surface area contributed by atoms with Crippen LogP contribution in [0.25, 0.3) is 22.3 Å². The van der Waals surface area contributed by atoms with Crippen molar-refractivity contribution in [3.8, 4) is 11.3 Å². The number of carbonyl (C=O) groups excluding carboxylic acids is 1. The Bertz CT molecular complexity index is 1060. The quantitative estimate of drug-likeness (QED) is 0.566. The topological polar surface area (TPSA) is 110 Å². The standard InChI is InChI=1S/C20H21N5O3.3ClH/c26-14(9-17-18(27)4-2-8-22-17)11-25-12-23-16-6-5-15(24-19(16)20(25)28)13-3-1-7-21-10-13;;;/h1,3,5-7,10,12,17-18,22,27H,2,4,8-9,11H2;3*1H/t17-,18+;;;/m1.../s1. The number of fused-ring (bicyclic) bond motifs is 1. The molecule has 8 nitrogen and oxygen atoms in total. The largest absolute Gasteiger partial charge is 0.391 e. The Morgan fingerprint density at radius 1 is 1.23 bits per heavy atom. The zero-order valence-corrected chi connectivity index (χ0v) is 19.0. The molecule has 2 atom stereocenters. The number of pyridine rings is 2. The zero-order valence-electron chi connectivity index (χ0n) is 16.5. The van der Waals surface area contributed by atoms with E-state index in [9.17, 15) is 14.7 Å². The molecule has 11 heteroatoms. The number of rotatable bonds is 5. The molecule has 4 rings (SSSR count). The van der Waals surface area contributed by atoms with Gasteiger partial charge in [0, 0.05) is 30.4 Å². The van der Waals surface area contributed by atoms with Gasteiger partial charge in [0.15, 0.2) is 11.3 Å². The summed E-state index contributed by atoms with van der Waals surface area (Å²) in [7, 11) is 0. The molecule has 1 aliphatic heterocycles. The Labute approximate surface area is 197 Å². The zero-order chi connectivity index (χ0) is 19.5. The van der Waals surface area contributed by atoms with Crippen molar-refractivity contribution in [3.63, 3.8) is 0 Å². The first-order chi connectivity index (χ1) is 13.6. The van der Waals surface area contributed by atoms with E-state index in [1.807, 2.05) is 6.07 Å².